The Hall–Kier alpha value is -1.40. The van der Waals surface area contributed by atoms with Gasteiger partial charge in [-0.05, 0) is 25.8 Å². The summed E-state index contributed by atoms with van der Waals surface area (Å²) in [5, 5.41) is 1.15. The van der Waals surface area contributed by atoms with Gasteiger partial charge in [0.2, 0.25) is 5.95 Å². The fourth-order valence-corrected chi connectivity index (χ4v) is 3.14. The van der Waals surface area contributed by atoms with Crippen molar-refractivity contribution in [3.63, 3.8) is 0 Å². The van der Waals surface area contributed by atoms with Crippen LogP contribution in [0.4, 0.5) is 11.8 Å². The molecule has 2 aromatic rings. The predicted molar refractivity (Wildman–Crippen MR) is 71.4 cm³/mol. The van der Waals surface area contributed by atoms with E-state index in [4.69, 9.17) is 5.84 Å². The number of hydrogen-bond donors (Lipinski definition) is 2. The first-order valence-electron chi connectivity index (χ1n) is 5.77. The van der Waals surface area contributed by atoms with Gasteiger partial charge in [-0.1, -0.05) is 0 Å². The molecule has 3 heterocycles. The van der Waals surface area contributed by atoms with Crippen molar-refractivity contribution in [2.24, 2.45) is 5.84 Å². The molecule has 0 radical (unpaired) electrons. The summed E-state index contributed by atoms with van der Waals surface area (Å²) in [6, 6.07) is 2.16. The maximum atomic E-state index is 5.43. The molecule has 0 atom stereocenters. The number of thiophene rings is 1. The van der Waals surface area contributed by atoms with Crippen molar-refractivity contribution in [3.8, 4) is 0 Å². The van der Waals surface area contributed by atoms with Crippen molar-refractivity contribution in [2.75, 3.05) is 23.4 Å². The molecule has 0 aliphatic carbocycles. The highest BCUT2D eigenvalue weighted by atomic mass is 32.1. The van der Waals surface area contributed by atoms with Crippen molar-refractivity contribution in [1.82, 2.24) is 9.97 Å². The molecule has 3 rings (SSSR count). The fourth-order valence-electron chi connectivity index (χ4n) is 2.26. The Morgan fingerprint density at radius 2 is 2.12 bits per heavy atom. The molecule has 6 heteroatoms. The van der Waals surface area contributed by atoms with Gasteiger partial charge in [-0.25, -0.2) is 10.8 Å². The number of aromatic nitrogens is 2. The van der Waals surface area contributed by atoms with Gasteiger partial charge >= 0.3 is 0 Å². The minimum absolute atomic E-state index is 0.501. The van der Waals surface area contributed by atoms with Crippen molar-refractivity contribution in [1.29, 1.82) is 0 Å². The van der Waals surface area contributed by atoms with E-state index in [-0.39, 0.29) is 0 Å². The van der Waals surface area contributed by atoms with Crippen molar-refractivity contribution < 1.29 is 0 Å². The summed E-state index contributed by atoms with van der Waals surface area (Å²) in [5.41, 5.74) is 2.55. The average Bonchev–Trinajstić information content (AvgIpc) is 2.94. The van der Waals surface area contributed by atoms with Crippen LogP contribution in [0.1, 0.15) is 17.7 Å². The van der Waals surface area contributed by atoms with Gasteiger partial charge in [0.25, 0.3) is 0 Å². The first-order chi connectivity index (χ1) is 8.28. The third-order valence-electron chi connectivity index (χ3n) is 3.03. The van der Waals surface area contributed by atoms with Crippen molar-refractivity contribution >= 4 is 33.3 Å². The van der Waals surface area contributed by atoms with Gasteiger partial charge in [-0.15, -0.1) is 11.3 Å². The van der Waals surface area contributed by atoms with E-state index < -0.39 is 0 Å². The van der Waals surface area contributed by atoms with E-state index in [1.165, 1.54) is 17.7 Å². The van der Waals surface area contributed by atoms with Crippen LogP contribution in [-0.2, 0) is 0 Å². The molecule has 0 bridgehead atoms. The lowest BCUT2D eigenvalue weighted by atomic mass is 10.3. The molecule has 5 nitrogen and oxygen atoms in total. The molecule has 2 aromatic heterocycles. The van der Waals surface area contributed by atoms with Crippen LogP contribution in [0.5, 0.6) is 0 Å². The number of nitrogens with zero attached hydrogens (tertiary/aromatic N) is 3. The lowest BCUT2D eigenvalue weighted by Crippen LogP contribution is -2.21. The molecule has 0 amide bonds. The molecular weight excluding hydrogens is 234 g/mol. The number of rotatable bonds is 2. The van der Waals surface area contributed by atoms with Gasteiger partial charge in [0.1, 0.15) is 10.6 Å². The summed E-state index contributed by atoms with van der Waals surface area (Å²) in [6.07, 6.45) is 2.47. The molecule has 90 valence electrons. The second kappa shape index (κ2) is 4.12. The van der Waals surface area contributed by atoms with Gasteiger partial charge in [-0.3, -0.25) is 5.43 Å². The predicted octanol–water partition coefficient (Wildman–Crippen LogP) is 1.89. The highest BCUT2D eigenvalue weighted by Crippen LogP contribution is 2.32. The zero-order valence-electron chi connectivity index (χ0n) is 9.73. The van der Waals surface area contributed by atoms with Crippen LogP contribution in [0.15, 0.2) is 6.07 Å². The number of nitrogens with one attached hydrogen (secondary N) is 1. The van der Waals surface area contributed by atoms with E-state index in [0.717, 1.165) is 29.1 Å². The molecule has 3 N–H and O–H groups in total. The van der Waals surface area contributed by atoms with Crippen LogP contribution in [0.2, 0.25) is 0 Å². The van der Waals surface area contributed by atoms with Crippen molar-refractivity contribution in [3.05, 3.63) is 10.9 Å². The number of anilines is 2. The standard InChI is InChI=1S/C11H15N5S/c1-7-6-8-9(16-4-2-3-5-16)13-11(15-12)14-10(8)17-7/h6H,2-5,12H2,1H3,(H,13,14,15). The highest BCUT2D eigenvalue weighted by Gasteiger charge is 2.19. The summed E-state index contributed by atoms with van der Waals surface area (Å²) in [7, 11) is 0. The van der Waals surface area contributed by atoms with Crippen LogP contribution >= 0.6 is 11.3 Å². The average molecular weight is 249 g/mol. The number of nitrogen functional groups attached to an aromatic ring is 1. The van der Waals surface area contributed by atoms with Crippen LogP contribution in [0, 0.1) is 6.92 Å². The van der Waals surface area contributed by atoms with Crippen molar-refractivity contribution in [2.45, 2.75) is 19.8 Å². The van der Waals surface area contributed by atoms with Crippen LogP contribution < -0.4 is 16.2 Å². The van der Waals surface area contributed by atoms with E-state index in [2.05, 4.69) is 33.3 Å². The van der Waals surface area contributed by atoms with Gasteiger partial charge in [0, 0.05) is 18.0 Å². The molecule has 0 aromatic carbocycles. The number of fused-ring (bicyclic) bond motifs is 1. The normalized spacial score (nSPS) is 15.8. The monoisotopic (exact) mass is 249 g/mol. The van der Waals surface area contributed by atoms with Crippen LogP contribution in [0.25, 0.3) is 10.2 Å². The zero-order valence-corrected chi connectivity index (χ0v) is 10.5. The first-order valence-corrected chi connectivity index (χ1v) is 6.59. The molecular formula is C11H15N5S. The number of hydrazine groups is 1. The Kier molecular flexibility index (Phi) is 2.60. The topological polar surface area (TPSA) is 67.1 Å². The minimum atomic E-state index is 0.501. The second-order valence-electron chi connectivity index (χ2n) is 4.29. The minimum Gasteiger partial charge on any atom is -0.356 e. The van der Waals surface area contributed by atoms with Crippen LogP contribution in [-0.4, -0.2) is 23.1 Å². The summed E-state index contributed by atoms with van der Waals surface area (Å²) in [5.74, 6) is 6.95. The number of nitrogens with two attached hydrogens (primary N) is 1. The van der Waals surface area contributed by atoms with Gasteiger partial charge in [0.15, 0.2) is 0 Å². The van der Waals surface area contributed by atoms with Gasteiger partial charge in [0.05, 0.1) is 5.39 Å². The highest BCUT2D eigenvalue weighted by molar-refractivity contribution is 7.18. The van der Waals surface area contributed by atoms with Crippen LogP contribution in [0.3, 0.4) is 0 Å². The fraction of sp³-hybridized carbons (Fsp3) is 0.455. The Labute approximate surface area is 104 Å². The summed E-state index contributed by atoms with van der Waals surface area (Å²) < 4.78 is 0. The Morgan fingerprint density at radius 3 is 2.82 bits per heavy atom. The van der Waals surface area contributed by atoms with E-state index in [1.54, 1.807) is 11.3 Å². The van der Waals surface area contributed by atoms with E-state index in [1.807, 2.05) is 0 Å². The first kappa shape index (κ1) is 10.7. The molecule has 1 aliphatic rings. The Morgan fingerprint density at radius 1 is 1.35 bits per heavy atom. The molecule has 0 spiro atoms. The number of hydrogen-bond acceptors (Lipinski definition) is 6. The zero-order chi connectivity index (χ0) is 11.8. The molecule has 0 saturated carbocycles. The smallest absolute Gasteiger partial charge is 0.240 e. The summed E-state index contributed by atoms with van der Waals surface area (Å²) >= 11 is 1.68. The molecule has 17 heavy (non-hydrogen) atoms. The quantitative estimate of drug-likeness (QED) is 0.628. The third kappa shape index (κ3) is 1.83. The van der Waals surface area contributed by atoms with Gasteiger partial charge < -0.3 is 4.90 Å². The summed E-state index contributed by atoms with van der Waals surface area (Å²) in [4.78, 5) is 13.5. The summed E-state index contributed by atoms with van der Waals surface area (Å²) in [6.45, 7) is 4.24. The lowest BCUT2D eigenvalue weighted by Gasteiger charge is -2.17. The molecule has 1 fully saturated rings. The Bertz CT molecular complexity index is 544. The lowest BCUT2D eigenvalue weighted by molar-refractivity contribution is 0.939. The van der Waals surface area contributed by atoms with E-state index in [9.17, 15) is 0 Å². The molecule has 0 unspecified atom stereocenters. The van der Waals surface area contributed by atoms with E-state index in [0.29, 0.717) is 5.95 Å². The second-order valence-corrected chi connectivity index (χ2v) is 5.52. The molecule has 1 saturated heterocycles. The van der Waals surface area contributed by atoms with Gasteiger partial charge in [-0.2, -0.15) is 4.98 Å². The number of aryl methyl sites for hydroxylation is 1. The maximum absolute atomic E-state index is 5.43. The largest absolute Gasteiger partial charge is 0.356 e. The Balaban J connectivity index is 2.18. The maximum Gasteiger partial charge on any atom is 0.240 e. The SMILES string of the molecule is Cc1cc2c(N3CCCC3)nc(NN)nc2s1. The molecule has 1 aliphatic heterocycles. The third-order valence-corrected chi connectivity index (χ3v) is 3.97. The van der Waals surface area contributed by atoms with E-state index >= 15 is 0 Å².